The highest BCUT2D eigenvalue weighted by atomic mass is 35.5. The number of ether oxygens (including phenoxy) is 1. The van der Waals surface area contributed by atoms with E-state index in [9.17, 15) is 22.6 Å². The Bertz CT molecular complexity index is 2240. The van der Waals surface area contributed by atoms with Crippen LogP contribution in [0.1, 0.15) is 30.8 Å². The summed E-state index contributed by atoms with van der Waals surface area (Å²) >= 11 is 9.58. The van der Waals surface area contributed by atoms with E-state index in [4.69, 9.17) is 16.3 Å². The first-order chi connectivity index (χ1) is 24.4. The molecule has 1 aliphatic heterocycles. The largest absolute Gasteiger partial charge is 0.464 e. The molecule has 1 aliphatic rings. The normalized spacial score (nSPS) is 14.2. The zero-order valence-electron chi connectivity index (χ0n) is 28.3. The van der Waals surface area contributed by atoms with Gasteiger partial charge in [-0.15, -0.1) is 0 Å². The molecule has 51 heavy (non-hydrogen) atoms. The van der Waals surface area contributed by atoms with E-state index in [1.807, 2.05) is 84.6 Å². The molecular weight excluding hydrogens is 728 g/mol. The predicted octanol–water partition coefficient (Wildman–Crippen LogP) is 7.02. The first-order valence-electron chi connectivity index (χ1n) is 16.4. The van der Waals surface area contributed by atoms with Gasteiger partial charge in [0.1, 0.15) is 10.7 Å². The van der Waals surface area contributed by atoms with Crippen molar-refractivity contribution in [1.29, 1.82) is 0 Å². The van der Waals surface area contributed by atoms with Gasteiger partial charge in [0, 0.05) is 22.0 Å². The van der Waals surface area contributed by atoms with Crippen LogP contribution in [0.2, 0.25) is 5.02 Å². The van der Waals surface area contributed by atoms with Crippen molar-refractivity contribution in [3.8, 4) is 0 Å². The average Bonchev–Trinajstić information content (AvgIpc) is 3.62. The summed E-state index contributed by atoms with van der Waals surface area (Å²) in [6.45, 7) is 6.08. The molecule has 5 aromatic rings. The number of anilines is 2. The van der Waals surface area contributed by atoms with Gasteiger partial charge >= 0.3 is 5.97 Å². The number of aromatic nitrogens is 1. The third-order valence-corrected chi connectivity index (χ3v) is 11.8. The topological polar surface area (TPSA) is 120 Å². The standard InChI is InChI=1S/C37H37ClN4O6S3/c1-4-48-37(44)25(3)41(28-14-10-24(2)11-15-28)22-33(43)39-23-42-30-20-27(38)13-17-31(30)49-35(42)21-34-40(18-7-19-51(45,46)47)36-29-9-6-5-8-26(29)12-16-32(36)50-34/h5-6,8-17,20-21,25H,4,7,18-19,22-23H2,1-3H3,(H-,39,43,45,46,47)/p+1. The highest BCUT2D eigenvalue weighted by Gasteiger charge is 2.30. The number of aryl methyl sites for hydroxylation is 2. The molecule has 0 spiro atoms. The summed E-state index contributed by atoms with van der Waals surface area (Å²) in [6, 6.07) is 24.7. The molecule has 0 aliphatic carbocycles. The zero-order chi connectivity index (χ0) is 36.3. The number of hydrogen-bond acceptors (Lipinski definition) is 9. The Morgan fingerprint density at radius 2 is 1.86 bits per heavy atom. The monoisotopic (exact) mass is 765 g/mol. The molecule has 0 radical (unpaired) electrons. The number of benzene rings is 4. The zero-order valence-corrected chi connectivity index (χ0v) is 31.5. The fourth-order valence-electron chi connectivity index (χ4n) is 6.01. The van der Waals surface area contributed by atoms with Crippen LogP contribution in [0.15, 0.2) is 88.8 Å². The Labute approximate surface area is 310 Å². The number of thioether (sulfide) groups is 1. The lowest BCUT2D eigenvalue weighted by atomic mass is 10.1. The quantitative estimate of drug-likeness (QED) is 0.0740. The summed E-state index contributed by atoms with van der Waals surface area (Å²) in [4.78, 5) is 31.1. The molecule has 6 rings (SSSR count). The van der Waals surface area contributed by atoms with E-state index in [0.717, 1.165) is 52.9 Å². The Morgan fingerprint density at radius 1 is 1.10 bits per heavy atom. The third kappa shape index (κ3) is 8.50. The molecule has 4 aromatic carbocycles. The molecule has 0 fully saturated rings. The van der Waals surface area contributed by atoms with Crippen molar-refractivity contribution in [3.63, 3.8) is 0 Å². The lowest BCUT2D eigenvalue weighted by Crippen LogP contribution is -2.47. The Kier molecular flexibility index (Phi) is 11.2. The Morgan fingerprint density at radius 3 is 2.61 bits per heavy atom. The first-order valence-corrected chi connectivity index (χ1v) is 20.1. The minimum Gasteiger partial charge on any atom is -0.464 e. The van der Waals surface area contributed by atoms with Crippen LogP contribution in [0.4, 0.5) is 11.4 Å². The van der Waals surface area contributed by atoms with Crippen molar-refractivity contribution in [2.24, 2.45) is 0 Å². The number of esters is 1. The first kappa shape index (κ1) is 36.6. The molecule has 10 nitrogen and oxygen atoms in total. The fourth-order valence-corrected chi connectivity index (χ4v) is 8.97. The van der Waals surface area contributed by atoms with Gasteiger partial charge in [-0.3, -0.25) is 9.35 Å². The summed E-state index contributed by atoms with van der Waals surface area (Å²) in [5.41, 5.74) is 3.60. The summed E-state index contributed by atoms with van der Waals surface area (Å²) in [5, 5.41) is 7.41. The Hall–Kier alpha value is -4.14. The molecule has 1 unspecified atom stereocenters. The van der Waals surface area contributed by atoms with Crippen LogP contribution in [-0.4, -0.2) is 56.5 Å². The molecule has 2 N–H and O–H groups in total. The maximum atomic E-state index is 13.6. The number of carbonyl (C=O) groups is 2. The van der Waals surface area contributed by atoms with Crippen molar-refractivity contribution in [2.75, 3.05) is 35.4 Å². The molecule has 1 atom stereocenters. The van der Waals surface area contributed by atoms with Crippen molar-refractivity contribution in [1.82, 2.24) is 5.32 Å². The van der Waals surface area contributed by atoms with E-state index >= 15 is 0 Å². The van der Waals surface area contributed by atoms with E-state index in [0.29, 0.717) is 11.6 Å². The van der Waals surface area contributed by atoms with Gasteiger partial charge in [0.2, 0.25) is 11.4 Å². The molecule has 1 aromatic heterocycles. The second kappa shape index (κ2) is 15.6. The summed E-state index contributed by atoms with van der Waals surface area (Å²) < 4.78 is 41.2. The van der Waals surface area contributed by atoms with Gasteiger partial charge < -0.3 is 19.9 Å². The van der Waals surface area contributed by atoms with Gasteiger partial charge in [0.25, 0.3) is 15.1 Å². The molecule has 0 bridgehead atoms. The number of thiazole rings is 1. The molecule has 0 saturated carbocycles. The molecular formula is C37H38ClN4O6S3+. The van der Waals surface area contributed by atoms with Gasteiger partial charge in [-0.1, -0.05) is 76.7 Å². The SMILES string of the molecule is CCOC(=O)C(C)N(CC(=O)NCN1C(=Cc2sc3ccc4ccccc4c3[n+]2CCCS(=O)(=O)O)Sc2ccc(Cl)cc21)c1ccc(C)cc1. The van der Waals surface area contributed by atoms with Crippen LogP contribution < -0.4 is 19.7 Å². The van der Waals surface area contributed by atoms with Crippen LogP contribution in [0.25, 0.3) is 27.1 Å². The van der Waals surface area contributed by atoms with E-state index in [1.165, 1.54) is 11.8 Å². The van der Waals surface area contributed by atoms with Crippen molar-refractivity contribution >= 4 is 95.1 Å². The van der Waals surface area contributed by atoms with Crippen molar-refractivity contribution in [2.45, 2.75) is 44.7 Å². The average molecular weight is 766 g/mol. The highest BCUT2D eigenvalue weighted by Crippen LogP contribution is 2.47. The molecule has 14 heteroatoms. The van der Waals surface area contributed by atoms with Crippen LogP contribution >= 0.6 is 34.7 Å². The highest BCUT2D eigenvalue weighted by molar-refractivity contribution is 8.03. The second-order valence-corrected chi connectivity index (χ2v) is 16.3. The van der Waals surface area contributed by atoms with Crippen LogP contribution in [-0.2, 0) is 31.0 Å². The number of halogens is 1. The van der Waals surface area contributed by atoms with E-state index in [1.54, 1.807) is 30.1 Å². The maximum absolute atomic E-state index is 13.6. The maximum Gasteiger partial charge on any atom is 0.328 e. The lowest BCUT2D eigenvalue weighted by molar-refractivity contribution is -0.667. The molecule has 2 heterocycles. The third-order valence-electron chi connectivity index (χ3n) is 8.55. The van der Waals surface area contributed by atoms with E-state index < -0.39 is 22.1 Å². The predicted molar refractivity (Wildman–Crippen MR) is 206 cm³/mol. The number of fused-ring (bicyclic) bond motifs is 4. The number of rotatable bonds is 13. The minimum atomic E-state index is -4.13. The van der Waals surface area contributed by atoms with Crippen LogP contribution in [0.5, 0.6) is 0 Å². The van der Waals surface area contributed by atoms with Gasteiger partial charge in [0.15, 0.2) is 6.54 Å². The van der Waals surface area contributed by atoms with Gasteiger partial charge in [-0.2, -0.15) is 13.0 Å². The number of nitrogens with zero attached hydrogens (tertiary/aromatic N) is 3. The van der Waals surface area contributed by atoms with Gasteiger partial charge in [-0.25, -0.2) is 4.79 Å². The van der Waals surface area contributed by atoms with Crippen molar-refractivity contribution in [3.05, 3.63) is 99.5 Å². The summed E-state index contributed by atoms with van der Waals surface area (Å²) in [5.74, 6) is -1.07. The second-order valence-electron chi connectivity index (χ2n) is 12.1. The van der Waals surface area contributed by atoms with Crippen LogP contribution in [0.3, 0.4) is 0 Å². The number of amides is 1. The number of hydrogen-bond donors (Lipinski definition) is 2. The molecule has 266 valence electrons. The van der Waals surface area contributed by atoms with Gasteiger partial charge in [0.05, 0.1) is 47.8 Å². The van der Waals surface area contributed by atoms with E-state index in [2.05, 4.69) is 22.0 Å². The minimum absolute atomic E-state index is 0.0807. The summed E-state index contributed by atoms with van der Waals surface area (Å²) in [7, 11) is -4.13. The number of nitrogens with one attached hydrogen (secondary N) is 1. The molecule has 0 saturated heterocycles. The van der Waals surface area contributed by atoms with E-state index in [-0.39, 0.29) is 37.9 Å². The fraction of sp³-hybridized carbons (Fsp3) is 0.270. The van der Waals surface area contributed by atoms with Gasteiger partial charge in [-0.05, 0) is 68.6 Å². The van der Waals surface area contributed by atoms with Crippen LogP contribution in [0, 0.1) is 6.92 Å². The lowest BCUT2D eigenvalue weighted by Gasteiger charge is -2.30. The van der Waals surface area contributed by atoms with Crippen molar-refractivity contribution < 1.29 is 31.9 Å². The number of carbonyl (C=O) groups excluding carboxylic acids is 2. The molecule has 1 amide bonds. The summed E-state index contributed by atoms with van der Waals surface area (Å²) in [6.07, 6.45) is 2.26. The smallest absolute Gasteiger partial charge is 0.328 e. The Balaban J connectivity index is 1.32.